The van der Waals surface area contributed by atoms with Gasteiger partial charge in [-0.3, -0.25) is 0 Å². The second-order valence-corrected chi connectivity index (χ2v) is 4.73. The molecule has 15 heavy (non-hydrogen) atoms. The van der Waals surface area contributed by atoms with Crippen LogP contribution in [0.25, 0.3) is 0 Å². The third-order valence-electron chi connectivity index (χ3n) is 3.58. The molecule has 1 fully saturated rings. The average Bonchev–Trinajstić information content (AvgIpc) is 2.30. The fraction of sp³-hybridized carbons (Fsp3) is 0.571. The number of hydrogen-bond donors (Lipinski definition) is 0. The first-order chi connectivity index (χ1) is 7.29. The van der Waals surface area contributed by atoms with E-state index in [2.05, 4.69) is 25.1 Å². The SMILES string of the molecule is COc1cccc(C2CCC(C)CC2)c1. The zero-order valence-corrected chi connectivity index (χ0v) is 9.70. The van der Waals surface area contributed by atoms with E-state index in [9.17, 15) is 0 Å². The molecule has 0 radical (unpaired) electrons. The summed E-state index contributed by atoms with van der Waals surface area (Å²) in [7, 11) is 1.74. The Bertz CT molecular complexity index is 311. The van der Waals surface area contributed by atoms with Crippen LogP contribution in [-0.4, -0.2) is 7.11 Å². The largest absolute Gasteiger partial charge is 0.497 e. The van der Waals surface area contributed by atoms with Crippen molar-refractivity contribution in [2.75, 3.05) is 7.11 Å². The molecule has 0 saturated heterocycles. The normalized spacial score (nSPS) is 26.3. The van der Waals surface area contributed by atoms with Crippen molar-refractivity contribution < 1.29 is 4.74 Å². The van der Waals surface area contributed by atoms with Gasteiger partial charge in [-0.25, -0.2) is 0 Å². The molecule has 1 aliphatic rings. The van der Waals surface area contributed by atoms with E-state index in [-0.39, 0.29) is 0 Å². The summed E-state index contributed by atoms with van der Waals surface area (Å²) in [5, 5.41) is 0. The molecule has 0 aliphatic heterocycles. The van der Waals surface area contributed by atoms with E-state index >= 15 is 0 Å². The molecule has 0 aromatic heterocycles. The number of ether oxygens (including phenoxy) is 1. The highest BCUT2D eigenvalue weighted by atomic mass is 16.5. The van der Waals surface area contributed by atoms with Gasteiger partial charge >= 0.3 is 0 Å². The zero-order chi connectivity index (χ0) is 10.7. The lowest BCUT2D eigenvalue weighted by Crippen LogP contribution is -2.10. The lowest BCUT2D eigenvalue weighted by Gasteiger charge is -2.26. The number of methoxy groups -OCH3 is 1. The van der Waals surface area contributed by atoms with Gasteiger partial charge in [0.1, 0.15) is 5.75 Å². The molecule has 2 rings (SSSR count). The third-order valence-corrected chi connectivity index (χ3v) is 3.58. The highest BCUT2D eigenvalue weighted by Gasteiger charge is 2.19. The van der Waals surface area contributed by atoms with Crippen molar-refractivity contribution in [3.63, 3.8) is 0 Å². The monoisotopic (exact) mass is 204 g/mol. The maximum absolute atomic E-state index is 5.27. The summed E-state index contributed by atoms with van der Waals surface area (Å²) in [6.07, 6.45) is 5.44. The van der Waals surface area contributed by atoms with Crippen molar-refractivity contribution in [2.24, 2.45) is 5.92 Å². The van der Waals surface area contributed by atoms with Crippen LogP contribution in [-0.2, 0) is 0 Å². The van der Waals surface area contributed by atoms with Gasteiger partial charge in [0.25, 0.3) is 0 Å². The van der Waals surface area contributed by atoms with Gasteiger partial charge in [-0.1, -0.05) is 31.9 Å². The predicted octanol–water partition coefficient (Wildman–Crippen LogP) is 3.99. The maximum atomic E-state index is 5.27. The van der Waals surface area contributed by atoms with Crippen molar-refractivity contribution in [3.05, 3.63) is 29.8 Å². The Morgan fingerprint density at radius 3 is 2.53 bits per heavy atom. The van der Waals surface area contributed by atoms with E-state index in [1.165, 1.54) is 31.2 Å². The minimum atomic E-state index is 0.760. The molecule has 1 nitrogen and oxygen atoms in total. The Balaban J connectivity index is 2.08. The molecule has 1 aromatic carbocycles. The van der Waals surface area contributed by atoms with Gasteiger partial charge in [-0.2, -0.15) is 0 Å². The first kappa shape index (κ1) is 10.5. The van der Waals surface area contributed by atoms with Crippen LogP contribution in [0.5, 0.6) is 5.75 Å². The van der Waals surface area contributed by atoms with Crippen molar-refractivity contribution >= 4 is 0 Å². The van der Waals surface area contributed by atoms with E-state index in [0.29, 0.717) is 0 Å². The second kappa shape index (κ2) is 4.69. The van der Waals surface area contributed by atoms with Gasteiger partial charge in [0.15, 0.2) is 0 Å². The average molecular weight is 204 g/mol. The van der Waals surface area contributed by atoms with Crippen LogP contribution in [0.4, 0.5) is 0 Å². The summed E-state index contributed by atoms with van der Waals surface area (Å²) in [6, 6.07) is 8.56. The lowest BCUT2D eigenvalue weighted by molar-refractivity contribution is 0.346. The van der Waals surface area contributed by atoms with E-state index in [1.54, 1.807) is 7.11 Å². The predicted molar refractivity (Wildman–Crippen MR) is 63.4 cm³/mol. The third kappa shape index (κ3) is 2.53. The number of rotatable bonds is 2. The van der Waals surface area contributed by atoms with Crippen molar-refractivity contribution in [1.29, 1.82) is 0 Å². The number of hydrogen-bond acceptors (Lipinski definition) is 1. The molecule has 0 atom stereocenters. The fourth-order valence-electron chi connectivity index (χ4n) is 2.49. The standard InChI is InChI=1S/C14H20O/c1-11-6-8-12(9-7-11)13-4-3-5-14(10-13)15-2/h3-5,10-12H,6-9H2,1-2H3. The van der Waals surface area contributed by atoms with Gasteiger partial charge in [-0.15, -0.1) is 0 Å². The van der Waals surface area contributed by atoms with Crippen LogP contribution in [0, 0.1) is 5.92 Å². The highest BCUT2D eigenvalue weighted by Crippen LogP contribution is 2.36. The van der Waals surface area contributed by atoms with E-state index in [1.807, 2.05) is 6.07 Å². The topological polar surface area (TPSA) is 9.23 Å². The molecule has 1 heteroatoms. The van der Waals surface area contributed by atoms with Crippen molar-refractivity contribution in [1.82, 2.24) is 0 Å². The van der Waals surface area contributed by atoms with E-state index in [4.69, 9.17) is 4.74 Å². The molecule has 82 valence electrons. The van der Waals surface area contributed by atoms with E-state index in [0.717, 1.165) is 17.6 Å². The van der Waals surface area contributed by atoms with Gasteiger partial charge in [-0.05, 0) is 42.4 Å². The summed E-state index contributed by atoms with van der Waals surface area (Å²) in [5.74, 6) is 2.68. The van der Waals surface area contributed by atoms with Crippen LogP contribution in [0.1, 0.15) is 44.1 Å². The lowest BCUT2D eigenvalue weighted by atomic mass is 9.79. The van der Waals surface area contributed by atoms with Gasteiger partial charge in [0.05, 0.1) is 7.11 Å². The molecule has 0 heterocycles. The molecule has 0 amide bonds. The molecule has 1 saturated carbocycles. The Morgan fingerprint density at radius 2 is 1.87 bits per heavy atom. The molecular weight excluding hydrogens is 184 g/mol. The molecule has 0 spiro atoms. The van der Waals surface area contributed by atoms with Gasteiger partial charge in [0.2, 0.25) is 0 Å². The molecule has 0 bridgehead atoms. The van der Waals surface area contributed by atoms with Gasteiger partial charge in [0, 0.05) is 0 Å². The Morgan fingerprint density at radius 1 is 1.13 bits per heavy atom. The molecule has 1 aliphatic carbocycles. The maximum Gasteiger partial charge on any atom is 0.119 e. The molecule has 0 N–H and O–H groups in total. The summed E-state index contributed by atoms with van der Waals surface area (Å²) in [6.45, 7) is 2.36. The summed E-state index contributed by atoms with van der Waals surface area (Å²) >= 11 is 0. The Hall–Kier alpha value is -0.980. The molecule has 1 aromatic rings. The van der Waals surface area contributed by atoms with Gasteiger partial charge < -0.3 is 4.74 Å². The summed E-state index contributed by atoms with van der Waals surface area (Å²) in [5.41, 5.74) is 1.46. The minimum Gasteiger partial charge on any atom is -0.497 e. The highest BCUT2D eigenvalue weighted by molar-refractivity contribution is 5.31. The smallest absolute Gasteiger partial charge is 0.119 e. The van der Waals surface area contributed by atoms with Crippen LogP contribution >= 0.6 is 0 Å². The Labute approximate surface area is 92.5 Å². The van der Waals surface area contributed by atoms with Crippen LogP contribution < -0.4 is 4.74 Å². The number of benzene rings is 1. The van der Waals surface area contributed by atoms with Crippen molar-refractivity contribution in [3.8, 4) is 5.75 Å². The first-order valence-electron chi connectivity index (χ1n) is 5.93. The first-order valence-corrected chi connectivity index (χ1v) is 5.93. The van der Waals surface area contributed by atoms with Crippen LogP contribution in [0.2, 0.25) is 0 Å². The zero-order valence-electron chi connectivity index (χ0n) is 9.70. The van der Waals surface area contributed by atoms with Crippen LogP contribution in [0.15, 0.2) is 24.3 Å². The summed E-state index contributed by atoms with van der Waals surface area (Å²) in [4.78, 5) is 0. The quantitative estimate of drug-likeness (QED) is 0.707. The second-order valence-electron chi connectivity index (χ2n) is 4.73. The molecular formula is C14H20O. The van der Waals surface area contributed by atoms with E-state index < -0.39 is 0 Å². The summed E-state index contributed by atoms with van der Waals surface area (Å²) < 4.78 is 5.27. The fourth-order valence-corrected chi connectivity index (χ4v) is 2.49. The molecule has 0 unspecified atom stereocenters. The van der Waals surface area contributed by atoms with Crippen LogP contribution in [0.3, 0.4) is 0 Å². The Kier molecular flexibility index (Phi) is 3.30. The van der Waals surface area contributed by atoms with Crippen molar-refractivity contribution in [2.45, 2.75) is 38.5 Å². The minimum absolute atomic E-state index is 0.760.